The zero-order chi connectivity index (χ0) is 15.1. The van der Waals surface area contributed by atoms with Crippen molar-refractivity contribution in [3.8, 4) is 0 Å². The molecule has 3 aliphatic carbocycles. The van der Waals surface area contributed by atoms with Crippen LogP contribution in [0.1, 0.15) is 25.3 Å². The molecule has 0 unspecified atom stereocenters. The van der Waals surface area contributed by atoms with Crippen molar-refractivity contribution in [3.05, 3.63) is 42.0 Å². The Morgan fingerprint density at radius 2 is 1.55 bits per heavy atom. The average molecular weight is 293 g/mol. The average Bonchev–Trinajstić information content (AvgIpc) is 3.13. The van der Waals surface area contributed by atoms with Gasteiger partial charge < -0.3 is 0 Å². The molecule has 2 saturated carbocycles. The molecule has 0 aromatic heterocycles. The quantitative estimate of drug-likeness (QED) is 0.621. The smallest absolute Gasteiger partial charge is 0.238 e. The number of aryl methyl sites for hydroxylation is 1. The van der Waals surface area contributed by atoms with Gasteiger partial charge in [0.2, 0.25) is 11.8 Å². The van der Waals surface area contributed by atoms with Gasteiger partial charge >= 0.3 is 0 Å². The summed E-state index contributed by atoms with van der Waals surface area (Å²) in [5, 5.41) is 0. The summed E-state index contributed by atoms with van der Waals surface area (Å²) < 4.78 is 0. The van der Waals surface area contributed by atoms with Crippen molar-refractivity contribution in [1.82, 2.24) is 0 Å². The van der Waals surface area contributed by atoms with Crippen molar-refractivity contribution in [1.29, 1.82) is 0 Å². The third-order valence-corrected chi connectivity index (χ3v) is 6.46. The molecule has 3 nitrogen and oxygen atoms in total. The van der Waals surface area contributed by atoms with Crippen molar-refractivity contribution in [2.24, 2.45) is 29.1 Å². The van der Waals surface area contributed by atoms with Crippen LogP contribution in [-0.2, 0) is 16.0 Å². The number of hydrogen-bond donors (Lipinski definition) is 0. The highest BCUT2D eigenvalue weighted by Crippen LogP contribution is 2.73. The first-order valence-corrected chi connectivity index (χ1v) is 8.32. The summed E-state index contributed by atoms with van der Waals surface area (Å²) in [4.78, 5) is 27.3. The van der Waals surface area contributed by atoms with Crippen molar-refractivity contribution in [2.75, 3.05) is 4.90 Å². The molecule has 0 N–H and O–H groups in total. The van der Waals surface area contributed by atoms with Crippen molar-refractivity contribution < 1.29 is 9.59 Å². The lowest BCUT2D eigenvalue weighted by Gasteiger charge is -2.21. The van der Waals surface area contributed by atoms with Gasteiger partial charge in [0.1, 0.15) is 0 Å². The van der Waals surface area contributed by atoms with Gasteiger partial charge in [-0.25, -0.2) is 0 Å². The third-order valence-electron chi connectivity index (χ3n) is 6.46. The highest BCUT2D eigenvalue weighted by molar-refractivity contribution is 6.23. The topological polar surface area (TPSA) is 37.4 Å². The van der Waals surface area contributed by atoms with Crippen LogP contribution in [0.5, 0.6) is 0 Å². The van der Waals surface area contributed by atoms with E-state index in [1.807, 2.05) is 24.3 Å². The van der Waals surface area contributed by atoms with Crippen LogP contribution >= 0.6 is 0 Å². The second kappa shape index (κ2) is 3.89. The minimum Gasteiger partial charge on any atom is -0.274 e. The van der Waals surface area contributed by atoms with E-state index < -0.39 is 0 Å². The predicted molar refractivity (Wildman–Crippen MR) is 83.1 cm³/mol. The van der Waals surface area contributed by atoms with Crippen molar-refractivity contribution >= 4 is 17.5 Å². The number of carbonyl (C=O) groups is 2. The van der Waals surface area contributed by atoms with Crippen molar-refractivity contribution in [2.45, 2.75) is 26.2 Å². The molecule has 4 atom stereocenters. The van der Waals surface area contributed by atoms with Crippen LogP contribution in [0, 0.1) is 29.1 Å². The molecular weight excluding hydrogens is 274 g/mol. The molecule has 0 radical (unpaired) electrons. The molecule has 5 rings (SSSR count). The van der Waals surface area contributed by atoms with Gasteiger partial charge in [0, 0.05) is 0 Å². The SMILES string of the molecule is CCc1ccc(N2C(=O)[C@H]3[C@H](C2=O)[C@H]2C=C[C@H]3C23CC3)cc1. The first-order valence-electron chi connectivity index (χ1n) is 8.32. The molecule has 1 aliphatic heterocycles. The van der Waals surface area contributed by atoms with E-state index in [-0.39, 0.29) is 29.1 Å². The molecule has 1 aromatic carbocycles. The Hall–Kier alpha value is -1.90. The number of anilines is 1. The minimum absolute atomic E-state index is 0.0300. The first-order chi connectivity index (χ1) is 10.7. The van der Waals surface area contributed by atoms with Gasteiger partial charge in [-0.1, -0.05) is 31.2 Å². The standard InChI is InChI=1S/C19H19NO2/c1-2-11-3-5-12(6-4-11)20-17(21)15-13-7-8-14(16(15)18(20)22)19(13)9-10-19/h3-8,13-16H,2,9-10H2,1H3/t13-,14-,15-,16-/m1/s1. The maximum Gasteiger partial charge on any atom is 0.238 e. The van der Waals surface area contributed by atoms with Gasteiger partial charge in [0.25, 0.3) is 0 Å². The summed E-state index contributed by atoms with van der Waals surface area (Å²) in [6.07, 6.45) is 7.77. The zero-order valence-electron chi connectivity index (χ0n) is 12.7. The Morgan fingerprint density at radius 3 is 2.00 bits per heavy atom. The van der Waals surface area contributed by atoms with Gasteiger partial charge in [-0.15, -0.1) is 0 Å². The fourth-order valence-corrected chi connectivity index (χ4v) is 5.21. The fourth-order valence-electron chi connectivity index (χ4n) is 5.21. The normalized spacial score (nSPS) is 36.5. The van der Waals surface area contributed by atoms with Gasteiger partial charge in [-0.2, -0.15) is 0 Å². The summed E-state index contributed by atoms with van der Waals surface area (Å²) in [7, 11) is 0. The summed E-state index contributed by atoms with van der Waals surface area (Å²) in [5.74, 6) is 0.467. The number of amides is 2. The lowest BCUT2D eigenvalue weighted by Crippen LogP contribution is -2.34. The Kier molecular flexibility index (Phi) is 2.23. The van der Waals surface area contributed by atoms with Crippen LogP contribution in [0.15, 0.2) is 36.4 Å². The molecule has 1 saturated heterocycles. The van der Waals surface area contributed by atoms with Crippen molar-refractivity contribution in [3.63, 3.8) is 0 Å². The second-order valence-corrected chi connectivity index (χ2v) is 7.25. The summed E-state index contributed by atoms with van der Waals surface area (Å²) in [5.41, 5.74) is 2.24. The summed E-state index contributed by atoms with van der Waals surface area (Å²) in [6, 6.07) is 7.86. The molecule has 1 spiro atoms. The van der Waals surface area contributed by atoms with Crippen LogP contribution in [-0.4, -0.2) is 11.8 Å². The van der Waals surface area contributed by atoms with Crippen LogP contribution in [0.25, 0.3) is 0 Å². The van der Waals surface area contributed by atoms with E-state index in [9.17, 15) is 9.59 Å². The molecule has 2 amide bonds. The van der Waals surface area contributed by atoms with Gasteiger partial charge in [0.15, 0.2) is 0 Å². The maximum atomic E-state index is 12.9. The number of benzene rings is 1. The Morgan fingerprint density at radius 1 is 1.00 bits per heavy atom. The Labute approximate surface area is 130 Å². The second-order valence-electron chi connectivity index (χ2n) is 7.25. The minimum atomic E-state index is -0.101. The molecular formula is C19H19NO2. The monoisotopic (exact) mass is 293 g/mol. The maximum absolute atomic E-state index is 12.9. The van der Waals surface area contributed by atoms with Crippen LogP contribution in [0.4, 0.5) is 5.69 Å². The van der Waals surface area contributed by atoms with Gasteiger partial charge in [-0.05, 0) is 54.2 Å². The number of allylic oxidation sites excluding steroid dienone is 2. The molecule has 1 aromatic rings. The molecule has 112 valence electrons. The van der Waals surface area contributed by atoms with E-state index in [2.05, 4.69) is 19.1 Å². The van der Waals surface area contributed by atoms with Crippen LogP contribution in [0.2, 0.25) is 0 Å². The molecule has 3 heteroatoms. The number of hydrogen-bond acceptors (Lipinski definition) is 2. The van der Waals surface area contributed by atoms with E-state index in [4.69, 9.17) is 0 Å². The van der Waals surface area contributed by atoms with E-state index >= 15 is 0 Å². The van der Waals surface area contributed by atoms with E-state index in [0.29, 0.717) is 11.8 Å². The van der Waals surface area contributed by atoms with E-state index in [0.717, 1.165) is 12.1 Å². The van der Waals surface area contributed by atoms with Gasteiger partial charge in [-0.3, -0.25) is 14.5 Å². The Bertz CT molecular complexity index is 679. The number of nitrogens with zero attached hydrogens (tertiary/aromatic N) is 1. The molecule has 3 fully saturated rings. The molecule has 1 heterocycles. The summed E-state index contributed by atoms with van der Waals surface area (Å²) >= 11 is 0. The van der Waals surface area contributed by atoms with Crippen LogP contribution < -0.4 is 4.90 Å². The number of carbonyl (C=O) groups excluding carboxylic acids is 2. The number of fused-ring (bicyclic) bond motifs is 3. The Balaban J connectivity index is 1.53. The molecule has 4 aliphatic rings. The predicted octanol–water partition coefficient (Wildman–Crippen LogP) is 2.95. The summed E-state index contributed by atoms with van der Waals surface area (Å²) in [6.45, 7) is 2.10. The first kappa shape index (κ1) is 12.6. The van der Waals surface area contributed by atoms with Gasteiger partial charge in [0.05, 0.1) is 17.5 Å². The number of rotatable bonds is 2. The lowest BCUT2D eigenvalue weighted by molar-refractivity contribution is -0.123. The lowest BCUT2D eigenvalue weighted by atomic mass is 9.85. The highest BCUT2D eigenvalue weighted by Gasteiger charge is 2.73. The van der Waals surface area contributed by atoms with Crippen LogP contribution in [0.3, 0.4) is 0 Å². The van der Waals surface area contributed by atoms with E-state index in [1.165, 1.54) is 23.3 Å². The molecule has 22 heavy (non-hydrogen) atoms. The zero-order valence-corrected chi connectivity index (χ0v) is 12.7. The largest absolute Gasteiger partial charge is 0.274 e. The number of imide groups is 1. The third kappa shape index (κ3) is 1.29. The highest BCUT2D eigenvalue weighted by atomic mass is 16.2. The van der Waals surface area contributed by atoms with E-state index in [1.54, 1.807) is 0 Å². The fraction of sp³-hybridized carbons (Fsp3) is 0.474. The molecule has 2 bridgehead atoms.